The van der Waals surface area contributed by atoms with Gasteiger partial charge in [-0.2, -0.15) is 17.0 Å². The van der Waals surface area contributed by atoms with Gasteiger partial charge in [-0.25, -0.2) is 0 Å². The summed E-state index contributed by atoms with van der Waals surface area (Å²) < 4.78 is 39.6. The average molecular weight is 426 g/mol. The highest BCUT2D eigenvalue weighted by Crippen LogP contribution is 2.31. The Morgan fingerprint density at radius 3 is 2.38 bits per heavy atom. The third-order valence-corrected chi connectivity index (χ3v) is 7.80. The SMILES string of the molecule is COc1ccc(NC(=O)C2CCCN(S(=O)(=O)N3CCC(C)CC3)C2)cc1OC. The fourth-order valence-electron chi connectivity index (χ4n) is 3.90. The van der Waals surface area contributed by atoms with Gasteiger partial charge >= 0.3 is 0 Å². The van der Waals surface area contributed by atoms with Crippen LogP contribution in [0.4, 0.5) is 5.69 Å². The first-order valence-corrected chi connectivity index (χ1v) is 11.5. The second-order valence-corrected chi connectivity index (χ2v) is 9.77. The van der Waals surface area contributed by atoms with Crippen LogP contribution in [0.5, 0.6) is 11.5 Å². The highest BCUT2D eigenvalue weighted by Gasteiger charge is 2.37. The van der Waals surface area contributed by atoms with E-state index in [-0.39, 0.29) is 18.4 Å². The Kier molecular flexibility index (Phi) is 7.02. The van der Waals surface area contributed by atoms with Gasteiger partial charge in [-0.05, 0) is 43.7 Å². The first kappa shape index (κ1) is 21.9. The molecule has 9 heteroatoms. The average Bonchev–Trinajstić information content (AvgIpc) is 2.74. The zero-order chi connectivity index (χ0) is 21.0. The molecule has 1 aromatic rings. The van der Waals surface area contributed by atoms with Crippen LogP contribution in [0.2, 0.25) is 0 Å². The van der Waals surface area contributed by atoms with E-state index in [4.69, 9.17) is 9.47 Å². The summed E-state index contributed by atoms with van der Waals surface area (Å²) in [6, 6.07) is 5.16. The number of benzene rings is 1. The van der Waals surface area contributed by atoms with Crippen molar-refractivity contribution in [3.05, 3.63) is 18.2 Å². The molecule has 0 saturated carbocycles. The molecule has 0 bridgehead atoms. The van der Waals surface area contributed by atoms with Gasteiger partial charge in [0.25, 0.3) is 10.2 Å². The standard InChI is InChI=1S/C20H31N3O5S/c1-15-8-11-22(12-9-15)29(25,26)23-10-4-5-16(14-23)20(24)21-17-6-7-18(27-2)19(13-17)28-3/h6-7,13,15-16H,4-5,8-12,14H2,1-3H3,(H,21,24). The topological polar surface area (TPSA) is 88.2 Å². The molecule has 1 unspecified atom stereocenters. The van der Waals surface area contributed by atoms with E-state index in [0.29, 0.717) is 55.6 Å². The number of hydrogen-bond acceptors (Lipinski definition) is 5. The minimum absolute atomic E-state index is 0.176. The van der Waals surface area contributed by atoms with Gasteiger partial charge < -0.3 is 14.8 Å². The Bertz CT molecular complexity index is 821. The van der Waals surface area contributed by atoms with E-state index >= 15 is 0 Å². The van der Waals surface area contributed by atoms with E-state index < -0.39 is 10.2 Å². The Hall–Kier alpha value is -1.84. The maximum atomic E-state index is 13.0. The number of methoxy groups -OCH3 is 2. The molecule has 1 aromatic carbocycles. The van der Waals surface area contributed by atoms with Crippen LogP contribution in [0.25, 0.3) is 0 Å². The van der Waals surface area contributed by atoms with Crippen LogP contribution in [-0.2, 0) is 15.0 Å². The molecule has 8 nitrogen and oxygen atoms in total. The van der Waals surface area contributed by atoms with Crippen LogP contribution >= 0.6 is 0 Å². The highest BCUT2D eigenvalue weighted by atomic mass is 32.2. The first-order valence-electron chi connectivity index (χ1n) is 10.1. The van der Waals surface area contributed by atoms with Crippen molar-refractivity contribution in [1.82, 2.24) is 8.61 Å². The first-order chi connectivity index (χ1) is 13.8. The summed E-state index contributed by atoms with van der Waals surface area (Å²) in [6.07, 6.45) is 3.11. The predicted molar refractivity (Wildman–Crippen MR) is 111 cm³/mol. The summed E-state index contributed by atoms with van der Waals surface area (Å²) >= 11 is 0. The summed E-state index contributed by atoms with van der Waals surface area (Å²) in [5, 5.41) is 2.89. The number of amides is 1. The second-order valence-electron chi connectivity index (χ2n) is 7.85. The van der Waals surface area contributed by atoms with Gasteiger partial charge in [-0.3, -0.25) is 4.79 Å². The Morgan fingerprint density at radius 1 is 1.03 bits per heavy atom. The lowest BCUT2D eigenvalue weighted by Crippen LogP contribution is -2.51. The van der Waals surface area contributed by atoms with E-state index in [9.17, 15) is 13.2 Å². The number of carbonyl (C=O) groups excluding carboxylic acids is 1. The van der Waals surface area contributed by atoms with Crippen molar-refractivity contribution < 1.29 is 22.7 Å². The molecule has 0 aliphatic carbocycles. The van der Waals surface area contributed by atoms with Crippen molar-refractivity contribution in [3.8, 4) is 11.5 Å². The lowest BCUT2D eigenvalue weighted by molar-refractivity contribution is -0.120. The number of anilines is 1. The maximum Gasteiger partial charge on any atom is 0.281 e. The number of nitrogens with zero attached hydrogens (tertiary/aromatic N) is 2. The molecule has 1 amide bonds. The zero-order valence-corrected chi connectivity index (χ0v) is 18.2. The van der Waals surface area contributed by atoms with E-state index in [1.165, 1.54) is 11.4 Å². The van der Waals surface area contributed by atoms with Crippen LogP contribution in [0.3, 0.4) is 0 Å². The van der Waals surface area contributed by atoms with Gasteiger partial charge in [0.2, 0.25) is 5.91 Å². The molecular weight excluding hydrogens is 394 g/mol. The number of hydrogen-bond donors (Lipinski definition) is 1. The molecule has 162 valence electrons. The molecule has 2 fully saturated rings. The normalized spacial score (nSPS) is 22.2. The molecule has 29 heavy (non-hydrogen) atoms. The molecule has 2 aliphatic heterocycles. The van der Waals surface area contributed by atoms with E-state index in [1.54, 1.807) is 29.6 Å². The molecule has 0 spiro atoms. The van der Waals surface area contributed by atoms with Gasteiger partial charge in [0.1, 0.15) is 0 Å². The predicted octanol–water partition coefficient (Wildman–Crippen LogP) is 2.33. The third-order valence-electron chi connectivity index (χ3n) is 5.80. The fourth-order valence-corrected chi connectivity index (χ4v) is 5.63. The quantitative estimate of drug-likeness (QED) is 0.756. The molecule has 2 saturated heterocycles. The fraction of sp³-hybridized carbons (Fsp3) is 0.650. The van der Waals surface area contributed by atoms with Gasteiger partial charge in [-0.15, -0.1) is 0 Å². The van der Waals surface area contributed by atoms with Crippen LogP contribution in [0.1, 0.15) is 32.6 Å². The summed E-state index contributed by atoms with van der Waals surface area (Å²) in [6.45, 7) is 3.95. The van der Waals surface area contributed by atoms with E-state index in [0.717, 1.165) is 12.8 Å². The Balaban J connectivity index is 1.65. The van der Waals surface area contributed by atoms with Gasteiger partial charge in [-0.1, -0.05) is 6.92 Å². The summed E-state index contributed by atoms with van der Waals surface area (Å²) in [5.41, 5.74) is 0.595. The third kappa shape index (κ3) is 5.02. The second kappa shape index (κ2) is 9.32. The minimum Gasteiger partial charge on any atom is -0.493 e. The van der Waals surface area contributed by atoms with Crippen LogP contribution < -0.4 is 14.8 Å². The smallest absolute Gasteiger partial charge is 0.281 e. The number of rotatable bonds is 6. The van der Waals surface area contributed by atoms with Gasteiger partial charge in [0.15, 0.2) is 11.5 Å². The van der Waals surface area contributed by atoms with Crippen molar-refractivity contribution in [3.63, 3.8) is 0 Å². The van der Waals surface area contributed by atoms with Crippen molar-refractivity contribution >= 4 is 21.8 Å². The van der Waals surface area contributed by atoms with Crippen LogP contribution in [0.15, 0.2) is 18.2 Å². The lowest BCUT2D eigenvalue weighted by Gasteiger charge is -2.37. The molecule has 2 aliphatic rings. The van der Waals surface area contributed by atoms with Crippen molar-refractivity contribution in [1.29, 1.82) is 0 Å². The number of ether oxygens (including phenoxy) is 2. The minimum atomic E-state index is -3.52. The number of piperidine rings is 2. The molecule has 3 rings (SSSR count). The van der Waals surface area contributed by atoms with Crippen LogP contribution in [-0.4, -0.2) is 63.3 Å². The maximum absolute atomic E-state index is 13.0. The summed E-state index contributed by atoms with van der Waals surface area (Å²) in [4.78, 5) is 12.8. The van der Waals surface area contributed by atoms with Gasteiger partial charge in [0, 0.05) is 37.9 Å². The molecule has 0 radical (unpaired) electrons. The number of carbonyl (C=O) groups is 1. The highest BCUT2D eigenvalue weighted by molar-refractivity contribution is 7.86. The van der Waals surface area contributed by atoms with Crippen molar-refractivity contribution in [2.45, 2.75) is 32.6 Å². The summed E-state index contributed by atoms with van der Waals surface area (Å²) in [7, 11) is -0.429. The van der Waals surface area contributed by atoms with Crippen molar-refractivity contribution in [2.24, 2.45) is 11.8 Å². The molecule has 0 aromatic heterocycles. The largest absolute Gasteiger partial charge is 0.493 e. The monoisotopic (exact) mass is 425 g/mol. The van der Waals surface area contributed by atoms with Gasteiger partial charge in [0.05, 0.1) is 20.1 Å². The van der Waals surface area contributed by atoms with E-state index in [1.807, 2.05) is 0 Å². The molecule has 1 N–H and O–H groups in total. The zero-order valence-electron chi connectivity index (χ0n) is 17.4. The molecule has 1 atom stereocenters. The van der Waals surface area contributed by atoms with Crippen molar-refractivity contribution in [2.75, 3.05) is 45.7 Å². The number of nitrogens with one attached hydrogen (secondary N) is 1. The van der Waals surface area contributed by atoms with E-state index in [2.05, 4.69) is 12.2 Å². The Labute approximate surface area is 173 Å². The Morgan fingerprint density at radius 2 is 1.72 bits per heavy atom. The lowest BCUT2D eigenvalue weighted by atomic mass is 9.98. The molecular formula is C20H31N3O5S. The summed E-state index contributed by atoms with van der Waals surface area (Å²) in [5.74, 6) is 1.11. The molecule has 2 heterocycles. The van der Waals surface area contributed by atoms with Crippen LogP contribution in [0, 0.1) is 11.8 Å².